The van der Waals surface area contributed by atoms with E-state index in [1.807, 2.05) is 32.0 Å². The van der Waals surface area contributed by atoms with Crippen molar-refractivity contribution in [2.45, 2.75) is 13.8 Å². The molecule has 0 unspecified atom stereocenters. The molecule has 1 heterocycles. The van der Waals surface area contributed by atoms with E-state index in [0.717, 1.165) is 11.1 Å². The lowest BCUT2D eigenvalue weighted by atomic mass is 10.1. The van der Waals surface area contributed by atoms with Gasteiger partial charge in [0.15, 0.2) is 23.8 Å². The Kier molecular flexibility index (Phi) is 5.78. The first-order valence-electron chi connectivity index (χ1n) is 8.57. The van der Waals surface area contributed by atoms with Crippen molar-refractivity contribution in [3.05, 3.63) is 47.5 Å². The molecule has 146 valence electrons. The number of rotatable bonds is 7. The van der Waals surface area contributed by atoms with Crippen LogP contribution in [0.25, 0.3) is 11.3 Å². The van der Waals surface area contributed by atoms with E-state index >= 15 is 0 Å². The van der Waals surface area contributed by atoms with Gasteiger partial charge in [0.25, 0.3) is 5.91 Å². The van der Waals surface area contributed by atoms with E-state index in [4.69, 9.17) is 18.8 Å². The highest BCUT2D eigenvalue weighted by molar-refractivity contribution is 5.94. The Bertz CT molecular complexity index is 984. The van der Waals surface area contributed by atoms with Gasteiger partial charge in [-0.25, -0.2) is 4.63 Å². The molecule has 8 heteroatoms. The fourth-order valence-corrected chi connectivity index (χ4v) is 2.64. The zero-order valence-corrected chi connectivity index (χ0v) is 16.1. The lowest BCUT2D eigenvalue weighted by molar-refractivity contribution is -0.118. The van der Waals surface area contributed by atoms with Gasteiger partial charge in [0.05, 0.1) is 14.2 Å². The van der Waals surface area contributed by atoms with Crippen molar-refractivity contribution in [2.24, 2.45) is 0 Å². The zero-order valence-electron chi connectivity index (χ0n) is 16.1. The van der Waals surface area contributed by atoms with E-state index in [9.17, 15) is 4.79 Å². The fourth-order valence-electron chi connectivity index (χ4n) is 2.64. The Balaban J connectivity index is 1.72. The minimum Gasteiger partial charge on any atom is -0.493 e. The van der Waals surface area contributed by atoms with Crippen molar-refractivity contribution < 1.29 is 23.6 Å². The zero-order chi connectivity index (χ0) is 20.1. The quantitative estimate of drug-likeness (QED) is 0.668. The largest absolute Gasteiger partial charge is 0.493 e. The number of anilines is 1. The molecule has 1 amide bonds. The van der Waals surface area contributed by atoms with Crippen LogP contribution in [-0.4, -0.2) is 37.0 Å². The van der Waals surface area contributed by atoms with E-state index in [1.54, 1.807) is 25.3 Å². The van der Waals surface area contributed by atoms with Gasteiger partial charge in [-0.05, 0) is 59.6 Å². The summed E-state index contributed by atoms with van der Waals surface area (Å²) < 4.78 is 20.9. The van der Waals surface area contributed by atoms with Gasteiger partial charge < -0.3 is 19.5 Å². The molecule has 1 N–H and O–H groups in total. The average Bonchev–Trinajstić information content (AvgIpc) is 3.16. The van der Waals surface area contributed by atoms with Crippen LogP contribution in [0.4, 0.5) is 5.82 Å². The van der Waals surface area contributed by atoms with Crippen LogP contribution < -0.4 is 19.5 Å². The fraction of sp³-hybridized carbons (Fsp3) is 0.250. The number of hydrogen-bond donors (Lipinski definition) is 1. The maximum Gasteiger partial charge on any atom is 0.263 e. The smallest absolute Gasteiger partial charge is 0.263 e. The summed E-state index contributed by atoms with van der Waals surface area (Å²) in [5, 5.41) is 10.3. The van der Waals surface area contributed by atoms with Crippen LogP contribution in [0.5, 0.6) is 17.2 Å². The van der Waals surface area contributed by atoms with E-state index in [2.05, 4.69) is 15.6 Å². The van der Waals surface area contributed by atoms with Crippen molar-refractivity contribution >= 4 is 11.7 Å². The second kappa shape index (κ2) is 8.43. The first-order chi connectivity index (χ1) is 13.5. The van der Waals surface area contributed by atoms with Crippen molar-refractivity contribution in [1.82, 2.24) is 10.3 Å². The predicted octanol–water partition coefficient (Wildman–Crippen LogP) is 3.39. The summed E-state index contributed by atoms with van der Waals surface area (Å²) in [6, 6.07) is 10.9. The Morgan fingerprint density at radius 2 is 1.82 bits per heavy atom. The maximum atomic E-state index is 12.3. The minimum atomic E-state index is -0.377. The number of amides is 1. The van der Waals surface area contributed by atoms with Crippen molar-refractivity contribution in [2.75, 3.05) is 26.1 Å². The summed E-state index contributed by atoms with van der Waals surface area (Å²) in [5.74, 6) is 1.59. The molecular weight excluding hydrogens is 362 g/mol. The molecule has 3 rings (SSSR count). The molecular formula is C20H21N3O5. The molecule has 0 spiro atoms. The molecule has 0 fully saturated rings. The Morgan fingerprint density at radius 3 is 2.57 bits per heavy atom. The Hall–Kier alpha value is -3.55. The molecule has 0 atom stereocenters. The maximum absolute atomic E-state index is 12.3. The standard InChI is InChI=1S/C20H21N3O5/c1-12-6-5-7-15(13(12)2)27-11-18(24)21-20-19(22-28-23-20)14-8-9-16(25-3)17(10-14)26-4/h5-10H,11H2,1-4H3,(H,21,23,24). The molecule has 0 aliphatic heterocycles. The third kappa shape index (κ3) is 4.06. The normalized spacial score (nSPS) is 10.4. The van der Waals surface area contributed by atoms with E-state index in [1.165, 1.54) is 7.11 Å². The second-order valence-electron chi connectivity index (χ2n) is 6.07. The number of nitrogens with one attached hydrogen (secondary N) is 1. The summed E-state index contributed by atoms with van der Waals surface area (Å²) in [7, 11) is 3.09. The predicted molar refractivity (Wildman–Crippen MR) is 103 cm³/mol. The monoisotopic (exact) mass is 383 g/mol. The van der Waals surface area contributed by atoms with Crippen LogP contribution >= 0.6 is 0 Å². The number of aryl methyl sites for hydroxylation is 1. The van der Waals surface area contributed by atoms with Crippen LogP contribution in [0.3, 0.4) is 0 Å². The van der Waals surface area contributed by atoms with Crippen LogP contribution in [0, 0.1) is 13.8 Å². The van der Waals surface area contributed by atoms with Crippen molar-refractivity contribution in [3.8, 4) is 28.5 Å². The van der Waals surface area contributed by atoms with Crippen molar-refractivity contribution in [3.63, 3.8) is 0 Å². The van der Waals surface area contributed by atoms with E-state index < -0.39 is 0 Å². The molecule has 0 aliphatic carbocycles. The van der Waals surface area contributed by atoms with Gasteiger partial charge in [-0.15, -0.1) is 0 Å². The Labute approximate surface area is 162 Å². The van der Waals surface area contributed by atoms with E-state index in [0.29, 0.717) is 28.5 Å². The number of methoxy groups -OCH3 is 2. The molecule has 0 saturated heterocycles. The summed E-state index contributed by atoms with van der Waals surface area (Å²) >= 11 is 0. The SMILES string of the molecule is COc1ccc(-c2nonc2NC(=O)COc2cccc(C)c2C)cc1OC. The third-order valence-electron chi connectivity index (χ3n) is 4.32. The molecule has 0 saturated carbocycles. The number of hydrogen-bond acceptors (Lipinski definition) is 7. The molecule has 2 aromatic carbocycles. The van der Waals surface area contributed by atoms with Crippen molar-refractivity contribution in [1.29, 1.82) is 0 Å². The molecule has 0 aliphatic rings. The topological polar surface area (TPSA) is 95.7 Å². The van der Waals surface area contributed by atoms with Crippen LogP contribution in [0.2, 0.25) is 0 Å². The number of benzene rings is 2. The number of carbonyl (C=O) groups excluding carboxylic acids is 1. The summed E-state index contributed by atoms with van der Waals surface area (Å²) in [6.45, 7) is 3.76. The van der Waals surface area contributed by atoms with Crippen LogP contribution in [0.15, 0.2) is 41.0 Å². The average molecular weight is 383 g/mol. The molecule has 0 radical (unpaired) electrons. The Morgan fingerprint density at radius 1 is 1.04 bits per heavy atom. The molecule has 1 aromatic heterocycles. The number of aromatic nitrogens is 2. The first-order valence-corrected chi connectivity index (χ1v) is 8.57. The number of carbonyl (C=O) groups is 1. The molecule has 28 heavy (non-hydrogen) atoms. The number of nitrogens with zero attached hydrogens (tertiary/aromatic N) is 2. The van der Waals surface area contributed by atoms with Crippen LogP contribution in [0.1, 0.15) is 11.1 Å². The van der Waals surface area contributed by atoms with Gasteiger partial charge in [-0.1, -0.05) is 12.1 Å². The first kappa shape index (κ1) is 19.2. The molecule has 8 nitrogen and oxygen atoms in total. The molecule has 3 aromatic rings. The lowest BCUT2D eigenvalue weighted by Crippen LogP contribution is -2.21. The number of ether oxygens (including phenoxy) is 3. The lowest BCUT2D eigenvalue weighted by Gasteiger charge is -2.11. The third-order valence-corrected chi connectivity index (χ3v) is 4.32. The highest BCUT2D eigenvalue weighted by Crippen LogP contribution is 2.33. The summed E-state index contributed by atoms with van der Waals surface area (Å²) in [5.41, 5.74) is 3.12. The van der Waals surface area contributed by atoms with Crippen LogP contribution in [-0.2, 0) is 4.79 Å². The highest BCUT2D eigenvalue weighted by Gasteiger charge is 2.17. The van der Waals surface area contributed by atoms with Gasteiger partial charge in [0.1, 0.15) is 5.75 Å². The van der Waals surface area contributed by atoms with E-state index in [-0.39, 0.29) is 18.3 Å². The van der Waals surface area contributed by atoms with Gasteiger partial charge in [0.2, 0.25) is 5.82 Å². The minimum absolute atomic E-state index is 0.164. The highest BCUT2D eigenvalue weighted by atomic mass is 16.6. The van der Waals surface area contributed by atoms with Gasteiger partial charge in [0, 0.05) is 5.56 Å². The summed E-state index contributed by atoms with van der Waals surface area (Å²) in [6.07, 6.45) is 0. The van der Waals surface area contributed by atoms with Gasteiger partial charge >= 0.3 is 0 Å². The molecule has 0 bridgehead atoms. The second-order valence-corrected chi connectivity index (χ2v) is 6.07. The summed E-state index contributed by atoms with van der Waals surface area (Å²) in [4.78, 5) is 12.3. The van der Waals surface area contributed by atoms with Gasteiger partial charge in [-0.3, -0.25) is 4.79 Å². The van der Waals surface area contributed by atoms with Gasteiger partial charge in [-0.2, -0.15) is 0 Å².